The number of sulfonamides is 1. The Morgan fingerprint density at radius 1 is 1.26 bits per heavy atom. The molecule has 23 heavy (non-hydrogen) atoms. The average molecular weight is 337 g/mol. The Morgan fingerprint density at radius 2 is 2.00 bits per heavy atom. The van der Waals surface area contributed by atoms with Crippen LogP contribution in [-0.2, 0) is 21.9 Å². The topological polar surface area (TPSA) is 106 Å². The van der Waals surface area contributed by atoms with E-state index in [0.717, 1.165) is 5.69 Å². The van der Waals surface area contributed by atoms with Gasteiger partial charge in [-0.1, -0.05) is 6.07 Å². The van der Waals surface area contributed by atoms with Crippen molar-refractivity contribution in [2.24, 2.45) is 7.05 Å². The Bertz CT molecular complexity index is 794. The second-order valence-electron chi connectivity index (χ2n) is 5.10. The van der Waals surface area contributed by atoms with Crippen molar-refractivity contribution >= 4 is 21.7 Å². The summed E-state index contributed by atoms with van der Waals surface area (Å²) in [4.78, 5) is 19.9. The lowest BCUT2D eigenvalue weighted by Crippen LogP contribution is -2.28. The van der Waals surface area contributed by atoms with E-state index in [4.69, 9.17) is 0 Å². The Kier molecular flexibility index (Phi) is 5.12. The van der Waals surface area contributed by atoms with Crippen LogP contribution in [0, 0.1) is 13.8 Å². The molecule has 2 aromatic heterocycles. The molecule has 0 saturated carbocycles. The van der Waals surface area contributed by atoms with Gasteiger partial charge in [0.25, 0.3) is 10.0 Å². The minimum atomic E-state index is -3.71. The largest absolute Gasteiger partial charge is 0.337 e. The maximum atomic E-state index is 12.1. The average Bonchev–Trinajstić information content (AvgIpc) is 2.79. The fourth-order valence-corrected chi connectivity index (χ4v) is 2.91. The summed E-state index contributed by atoms with van der Waals surface area (Å²) in [5, 5.41) is 2.56. The van der Waals surface area contributed by atoms with Crippen LogP contribution in [0.4, 0.5) is 5.82 Å². The number of rotatable bonds is 6. The van der Waals surface area contributed by atoms with E-state index in [0.29, 0.717) is 11.6 Å². The van der Waals surface area contributed by atoms with E-state index in [2.05, 4.69) is 20.0 Å². The second kappa shape index (κ2) is 6.88. The van der Waals surface area contributed by atoms with Crippen LogP contribution in [0.1, 0.15) is 17.9 Å². The molecule has 2 heterocycles. The molecule has 1 amide bonds. The summed E-state index contributed by atoms with van der Waals surface area (Å²) >= 11 is 0. The molecule has 2 N–H and O–H groups in total. The van der Waals surface area contributed by atoms with E-state index in [1.54, 1.807) is 30.7 Å². The number of carbonyl (C=O) groups is 1. The highest BCUT2D eigenvalue weighted by Crippen LogP contribution is 2.08. The number of hydrogen-bond donors (Lipinski definition) is 2. The van der Waals surface area contributed by atoms with Gasteiger partial charge < -0.3 is 9.88 Å². The molecule has 0 atom stereocenters. The molecule has 0 bridgehead atoms. The van der Waals surface area contributed by atoms with Crippen molar-refractivity contribution in [1.82, 2.24) is 19.3 Å². The van der Waals surface area contributed by atoms with Gasteiger partial charge in [-0.05, 0) is 26.0 Å². The molecule has 0 fully saturated rings. The number of pyridine rings is 1. The fraction of sp³-hybridized carbons (Fsp3) is 0.357. The molecule has 0 aromatic carbocycles. The van der Waals surface area contributed by atoms with Gasteiger partial charge in [0.1, 0.15) is 11.6 Å². The second-order valence-corrected chi connectivity index (χ2v) is 6.81. The minimum absolute atomic E-state index is 0.000662. The maximum absolute atomic E-state index is 12.1. The monoisotopic (exact) mass is 337 g/mol. The Morgan fingerprint density at radius 3 is 2.61 bits per heavy atom. The molecular weight excluding hydrogens is 318 g/mol. The Hall–Kier alpha value is -2.26. The third-order valence-corrected chi connectivity index (χ3v) is 4.49. The van der Waals surface area contributed by atoms with Crippen LogP contribution < -0.4 is 10.0 Å². The lowest BCUT2D eigenvalue weighted by Gasteiger charge is -2.06. The molecule has 2 aromatic rings. The third kappa shape index (κ3) is 4.60. The van der Waals surface area contributed by atoms with Gasteiger partial charge in [0, 0.05) is 31.9 Å². The molecule has 0 radical (unpaired) electrons. The smallest absolute Gasteiger partial charge is 0.259 e. The van der Waals surface area contributed by atoms with Crippen molar-refractivity contribution in [3.63, 3.8) is 0 Å². The molecule has 8 nitrogen and oxygen atoms in total. The van der Waals surface area contributed by atoms with Gasteiger partial charge in [0.2, 0.25) is 5.91 Å². The SMILES string of the molecule is Cc1cccc(NC(=O)CCNS(=O)(=O)c2cn(C)c(C)n2)n1. The number of carbonyl (C=O) groups excluding carboxylic acids is 1. The molecule has 9 heteroatoms. The van der Waals surface area contributed by atoms with Gasteiger partial charge in [-0.2, -0.15) is 0 Å². The molecule has 0 unspecified atom stereocenters. The normalized spacial score (nSPS) is 11.4. The number of amides is 1. The lowest BCUT2D eigenvalue weighted by molar-refractivity contribution is -0.116. The highest BCUT2D eigenvalue weighted by Gasteiger charge is 2.18. The van der Waals surface area contributed by atoms with E-state index < -0.39 is 10.0 Å². The minimum Gasteiger partial charge on any atom is -0.337 e. The maximum Gasteiger partial charge on any atom is 0.259 e. The van der Waals surface area contributed by atoms with Crippen molar-refractivity contribution in [3.8, 4) is 0 Å². The fourth-order valence-electron chi connectivity index (χ4n) is 1.85. The number of hydrogen-bond acceptors (Lipinski definition) is 5. The van der Waals surface area contributed by atoms with E-state index >= 15 is 0 Å². The first kappa shape index (κ1) is 17.1. The van der Waals surface area contributed by atoms with Crippen LogP contribution in [0.5, 0.6) is 0 Å². The summed E-state index contributed by atoms with van der Waals surface area (Å²) in [6, 6.07) is 5.27. The summed E-state index contributed by atoms with van der Waals surface area (Å²) in [6.45, 7) is 3.51. The summed E-state index contributed by atoms with van der Waals surface area (Å²) in [7, 11) is -2.00. The molecule has 2 rings (SSSR count). The summed E-state index contributed by atoms with van der Waals surface area (Å²) in [5.74, 6) is 0.717. The van der Waals surface area contributed by atoms with Crippen LogP contribution >= 0.6 is 0 Å². The van der Waals surface area contributed by atoms with Crippen molar-refractivity contribution in [2.45, 2.75) is 25.3 Å². The number of aromatic nitrogens is 3. The molecule has 0 aliphatic carbocycles. The van der Waals surface area contributed by atoms with Crippen LogP contribution in [0.2, 0.25) is 0 Å². The van der Waals surface area contributed by atoms with Crippen LogP contribution in [0.15, 0.2) is 29.4 Å². The van der Waals surface area contributed by atoms with Crippen molar-refractivity contribution in [1.29, 1.82) is 0 Å². The standard InChI is InChI=1S/C14H19N5O3S/c1-10-5-4-6-12(16-10)18-13(20)7-8-15-23(21,22)14-9-19(3)11(2)17-14/h4-6,9,15H,7-8H2,1-3H3,(H,16,18,20). The van der Waals surface area contributed by atoms with Crippen LogP contribution in [0.3, 0.4) is 0 Å². The summed E-state index contributed by atoms with van der Waals surface area (Å²) in [6.07, 6.45) is 1.43. The molecule has 0 aliphatic rings. The predicted molar refractivity (Wildman–Crippen MR) is 85.4 cm³/mol. The van der Waals surface area contributed by atoms with Crippen LogP contribution in [0.25, 0.3) is 0 Å². The highest BCUT2D eigenvalue weighted by molar-refractivity contribution is 7.89. The Labute approximate surface area is 135 Å². The zero-order valence-electron chi connectivity index (χ0n) is 13.2. The number of imidazole rings is 1. The molecule has 0 aliphatic heterocycles. The molecular formula is C14H19N5O3S. The number of anilines is 1. The van der Waals surface area contributed by atoms with Crippen LogP contribution in [-0.4, -0.2) is 35.4 Å². The molecule has 0 spiro atoms. The number of nitrogens with zero attached hydrogens (tertiary/aromatic N) is 3. The zero-order chi connectivity index (χ0) is 17.0. The van der Waals surface area contributed by atoms with Crippen molar-refractivity contribution in [2.75, 3.05) is 11.9 Å². The Balaban J connectivity index is 1.87. The first-order valence-electron chi connectivity index (χ1n) is 7.01. The van der Waals surface area contributed by atoms with Gasteiger partial charge in [0.15, 0.2) is 5.03 Å². The summed E-state index contributed by atoms with van der Waals surface area (Å²) in [5.41, 5.74) is 0.786. The first-order chi connectivity index (χ1) is 10.8. The van der Waals surface area contributed by atoms with E-state index in [1.165, 1.54) is 6.20 Å². The van der Waals surface area contributed by atoms with Crippen molar-refractivity contribution < 1.29 is 13.2 Å². The highest BCUT2D eigenvalue weighted by atomic mass is 32.2. The third-order valence-electron chi connectivity index (χ3n) is 3.16. The molecule has 124 valence electrons. The van der Waals surface area contributed by atoms with Gasteiger partial charge >= 0.3 is 0 Å². The predicted octanol–water partition coefficient (Wildman–Crippen LogP) is 0.739. The first-order valence-corrected chi connectivity index (χ1v) is 8.49. The van der Waals surface area contributed by atoms with Gasteiger partial charge in [-0.15, -0.1) is 0 Å². The molecule has 0 saturated heterocycles. The zero-order valence-corrected chi connectivity index (χ0v) is 14.0. The quantitative estimate of drug-likeness (QED) is 0.808. The number of nitrogens with one attached hydrogen (secondary N) is 2. The van der Waals surface area contributed by atoms with E-state index in [1.807, 2.05) is 13.0 Å². The van der Waals surface area contributed by atoms with Gasteiger partial charge in [-0.25, -0.2) is 23.1 Å². The van der Waals surface area contributed by atoms with E-state index in [9.17, 15) is 13.2 Å². The van der Waals surface area contributed by atoms with E-state index in [-0.39, 0.29) is 23.9 Å². The summed E-state index contributed by atoms with van der Waals surface area (Å²) < 4.78 is 28.1. The van der Waals surface area contributed by atoms with Gasteiger partial charge in [-0.3, -0.25) is 4.79 Å². The number of aryl methyl sites for hydroxylation is 3. The van der Waals surface area contributed by atoms with Crippen molar-refractivity contribution in [3.05, 3.63) is 35.9 Å². The van der Waals surface area contributed by atoms with Gasteiger partial charge in [0.05, 0.1) is 0 Å². The lowest BCUT2D eigenvalue weighted by atomic mass is 10.3.